The Balaban J connectivity index is 1.62. The summed E-state index contributed by atoms with van der Waals surface area (Å²) in [6.07, 6.45) is 8.63. The van der Waals surface area contributed by atoms with Gasteiger partial charge in [0.15, 0.2) is 0 Å². The van der Waals surface area contributed by atoms with Gasteiger partial charge in [0.25, 0.3) is 5.91 Å². The summed E-state index contributed by atoms with van der Waals surface area (Å²) < 4.78 is 5.11. The molecular weight excluding hydrogens is 388 g/mol. The van der Waals surface area contributed by atoms with Crippen molar-refractivity contribution in [2.24, 2.45) is 0 Å². The first-order chi connectivity index (χ1) is 14.0. The molecule has 3 rings (SSSR count). The second kappa shape index (κ2) is 10.1. The average molecular weight is 413 g/mol. The van der Waals surface area contributed by atoms with E-state index < -0.39 is 0 Å². The minimum atomic E-state index is -0.290. The van der Waals surface area contributed by atoms with Gasteiger partial charge in [0, 0.05) is 17.8 Å². The van der Waals surface area contributed by atoms with Gasteiger partial charge in [-0.15, -0.1) is 0 Å². The van der Waals surface area contributed by atoms with E-state index in [2.05, 4.69) is 10.6 Å². The number of rotatable bonds is 6. The maximum absolute atomic E-state index is 12.6. The number of methoxy groups -OCH3 is 1. The molecule has 0 aromatic heterocycles. The Morgan fingerprint density at radius 2 is 1.79 bits per heavy atom. The first-order valence-corrected chi connectivity index (χ1v) is 10.2. The summed E-state index contributed by atoms with van der Waals surface area (Å²) in [5.41, 5.74) is 1.77. The number of hydrogen-bond acceptors (Lipinski definition) is 3. The molecule has 0 bridgehead atoms. The fourth-order valence-electron chi connectivity index (χ4n) is 3.36. The fraction of sp³-hybridized carbons (Fsp3) is 0.304. The number of ether oxygens (including phenoxy) is 1. The van der Waals surface area contributed by atoms with Crippen molar-refractivity contribution in [3.8, 4) is 5.75 Å². The number of anilines is 1. The molecule has 2 aromatic carbocycles. The van der Waals surface area contributed by atoms with E-state index in [9.17, 15) is 9.59 Å². The quantitative estimate of drug-likeness (QED) is 0.651. The van der Waals surface area contributed by atoms with Gasteiger partial charge >= 0.3 is 0 Å². The third-order valence-electron chi connectivity index (χ3n) is 4.96. The van der Waals surface area contributed by atoms with Gasteiger partial charge in [-0.3, -0.25) is 9.59 Å². The average Bonchev–Trinajstić information content (AvgIpc) is 2.74. The molecule has 2 amide bonds. The molecule has 0 atom stereocenters. The Labute approximate surface area is 176 Å². The van der Waals surface area contributed by atoms with Crippen LogP contribution in [0.15, 0.2) is 48.5 Å². The van der Waals surface area contributed by atoms with Crippen molar-refractivity contribution in [1.29, 1.82) is 0 Å². The SMILES string of the molecule is COc1ccc(/C=C/C(=O)Nc2ccc(Cl)c(C(=O)NC3CCCCC3)c2)cc1. The molecule has 1 saturated carbocycles. The number of nitrogens with one attached hydrogen (secondary N) is 2. The van der Waals surface area contributed by atoms with Crippen LogP contribution in [-0.2, 0) is 4.79 Å². The summed E-state index contributed by atoms with van der Waals surface area (Å²) in [7, 11) is 1.61. The van der Waals surface area contributed by atoms with Crippen molar-refractivity contribution < 1.29 is 14.3 Å². The summed E-state index contributed by atoms with van der Waals surface area (Å²) in [4.78, 5) is 24.8. The van der Waals surface area contributed by atoms with Crippen LogP contribution in [-0.4, -0.2) is 25.0 Å². The van der Waals surface area contributed by atoms with Crippen molar-refractivity contribution in [3.63, 3.8) is 0 Å². The van der Waals surface area contributed by atoms with Crippen molar-refractivity contribution in [1.82, 2.24) is 5.32 Å². The Morgan fingerprint density at radius 1 is 1.07 bits per heavy atom. The number of benzene rings is 2. The van der Waals surface area contributed by atoms with Gasteiger partial charge in [-0.25, -0.2) is 0 Å². The van der Waals surface area contributed by atoms with E-state index in [1.165, 1.54) is 12.5 Å². The molecule has 1 aliphatic carbocycles. The van der Waals surface area contributed by atoms with Crippen LogP contribution in [0.1, 0.15) is 48.0 Å². The van der Waals surface area contributed by atoms with E-state index in [-0.39, 0.29) is 17.9 Å². The van der Waals surface area contributed by atoms with Crippen molar-refractivity contribution in [2.45, 2.75) is 38.1 Å². The molecule has 0 aliphatic heterocycles. The molecule has 0 heterocycles. The summed E-state index contributed by atoms with van der Waals surface area (Å²) in [6.45, 7) is 0. The zero-order valence-electron chi connectivity index (χ0n) is 16.4. The number of carbonyl (C=O) groups excluding carboxylic acids is 2. The van der Waals surface area contributed by atoms with Crippen LogP contribution in [0.5, 0.6) is 5.75 Å². The number of carbonyl (C=O) groups is 2. The highest BCUT2D eigenvalue weighted by molar-refractivity contribution is 6.34. The first kappa shape index (κ1) is 20.9. The van der Waals surface area contributed by atoms with Gasteiger partial charge in [-0.05, 0) is 54.8 Å². The zero-order valence-corrected chi connectivity index (χ0v) is 17.2. The molecule has 29 heavy (non-hydrogen) atoms. The maximum Gasteiger partial charge on any atom is 0.253 e. The van der Waals surface area contributed by atoms with E-state index in [1.54, 1.807) is 31.4 Å². The molecule has 0 saturated heterocycles. The van der Waals surface area contributed by atoms with Crippen LogP contribution < -0.4 is 15.4 Å². The molecule has 5 nitrogen and oxygen atoms in total. The van der Waals surface area contributed by atoms with Crippen LogP contribution in [0.4, 0.5) is 5.69 Å². The highest BCUT2D eigenvalue weighted by Crippen LogP contribution is 2.23. The summed E-state index contributed by atoms with van der Waals surface area (Å²) in [5.74, 6) is 0.264. The van der Waals surface area contributed by atoms with Gasteiger partial charge in [0.05, 0.1) is 17.7 Å². The molecular formula is C23H25ClN2O3. The van der Waals surface area contributed by atoms with Crippen LogP contribution in [0, 0.1) is 0 Å². The Kier molecular flexibility index (Phi) is 7.30. The topological polar surface area (TPSA) is 67.4 Å². The highest BCUT2D eigenvalue weighted by Gasteiger charge is 2.18. The number of halogens is 1. The van der Waals surface area contributed by atoms with Crippen molar-refractivity contribution in [2.75, 3.05) is 12.4 Å². The second-order valence-corrected chi connectivity index (χ2v) is 7.51. The van der Waals surface area contributed by atoms with Crippen molar-refractivity contribution in [3.05, 3.63) is 64.7 Å². The lowest BCUT2D eigenvalue weighted by molar-refractivity contribution is -0.111. The first-order valence-electron chi connectivity index (χ1n) is 9.78. The molecule has 6 heteroatoms. The monoisotopic (exact) mass is 412 g/mol. The fourth-order valence-corrected chi connectivity index (χ4v) is 3.56. The molecule has 1 aliphatic rings. The number of hydrogen-bond donors (Lipinski definition) is 2. The normalized spacial score (nSPS) is 14.6. The van der Waals surface area contributed by atoms with Crippen LogP contribution in [0.3, 0.4) is 0 Å². The largest absolute Gasteiger partial charge is 0.497 e. The lowest BCUT2D eigenvalue weighted by Gasteiger charge is -2.23. The van der Waals surface area contributed by atoms with Crippen molar-refractivity contribution >= 4 is 35.2 Å². The predicted molar refractivity (Wildman–Crippen MR) is 116 cm³/mol. The third-order valence-corrected chi connectivity index (χ3v) is 5.29. The van der Waals surface area contributed by atoms with Gasteiger partial charge in [-0.1, -0.05) is 43.0 Å². The Bertz CT molecular complexity index is 887. The Hall–Kier alpha value is -2.79. The van der Waals surface area contributed by atoms with Crippen LogP contribution in [0.2, 0.25) is 5.02 Å². The van der Waals surface area contributed by atoms with Crippen LogP contribution in [0.25, 0.3) is 6.08 Å². The summed E-state index contributed by atoms with van der Waals surface area (Å²) in [5, 5.41) is 6.19. The third kappa shape index (κ3) is 6.09. The van der Waals surface area contributed by atoms with Gasteiger partial charge in [0.2, 0.25) is 5.91 Å². The van der Waals surface area contributed by atoms with Gasteiger partial charge in [0.1, 0.15) is 5.75 Å². The minimum absolute atomic E-state index is 0.193. The molecule has 0 spiro atoms. The maximum atomic E-state index is 12.6. The molecule has 0 unspecified atom stereocenters. The van der Waals surface area contributed by atoms with Crippen LogP contribution >= 0.6 is 11.6 Å². The summed E-state index contributed by atoms with van der Waals surface area (Å²) in [6, 6.07) is 12.5. The standard InChI is InChI=1S/C23H25ClN2O3/c1-29-19-11-7-16(8-12-19)9-14-22(27)25-18-10-13-21(24)20(15-18)23(28)26-17-5-3-2-4-6-17/h7-15,17H,2-6H2,1H3,(H,25,27)(H,26,28)/b14-9+. The number of amides is 2. The van der Waals surface area contributed by atoms with E-state index in [0.717, 1.165) is 37.0 Å². The minimum Gasteiger partial charge on any atom is -0.497 e. The van der Waals surface area contributed by atoms with E-state index >= 15 is 0 Å². The lowest BCUT2D eigenvalue weighted by Crippen LogP contribution is -2.36. The lowest BCUT2D eigenvalue weighted by atomic mass is 9.95. The van der Waals surface area contributed by atoms with E-state index in [4.69, 9.17) is 16.3 Å². The zero-order chi connectivity index (χ0) is 20.6. The predicted octanol–water partition coefficient (Wildman–Crippen LogP) is 5.06. The Morgan fingerprint density at radius 3 is 2.48 bits per heavy atom. The molecule has 152 valence electrons. The van der Waals surface area contributed by atoms with E-state index in [0.29, 0.717) is 16.3 Å². The second-order valence-electron chi connectivity index (χ2n) is 7.10. The molecule has 1 fully saturated rings. The molecule has 0 radical (unpaired) electrons. The molecule has 2 aromatic rings. The molecule has 2 N–H and O–H groups in total. The highest BCUT2D eigenvalue weighted by atomic mass is 35.5. The van der Waals surface area contributed by atoms with Gasteiger partial charge < -0.3 is 15.4 Å². The van der Waals surface area contributed by atoms with Gasteiger partial charge in [-0.2, -0.15) is 0 Å². The summed E-state index contributed by atoms with van der Waals surface area (Å²) >= 11 is 6.21. The van der Waals surface area contributed by atoms with E-state index in [1.807, 2.05) is 24.3 Å². The smallest absolute Gasteiger partial charge is 0.253 e.